The Labute approximate surface area is 137 Å². The number of benzene rings is 1. The number of piperidine rings is 1. The number of rotatable bonds is 5. The van der Waals surface area contributed by atoms with Crippen LogP contribution in [0.2, 0.25) is 5.02 Å². The standard InChI is InChI=1S/C15H23ClN2O3S/c1-11(12-4-5-15(21-2)14(16)10-12)18-8-6-13(7-9-18)17-22(3,19)20/h4-5,10-11,13,17H,6-9H2,1-3H3/t11-/m1/s1. The van der Waals surface area contributed by atoms with E-state index in [0.29, 0.717) is 10.8 Å². The predicted octanol–water partition coefficient (Wildman–Crippen LogP) is 2.42. The van der Waals surface area contributed by atoms with Crippen molar-refractivity contribution in [1.29, 1.82) is 0 Å². The summed E-state index contributed by atoms with van der Waals surface area (Å²) in [5, 5.41) is 0.612. The van der Waals surface area contributed by atoms with Gasteiger partial charge in [0, 0.05) is 25.2 Å². The van der Waals surface area contributed by atoms with Crippen molar-refractivity contribution in [3.8, 4) is 5.75 Å². The maximum atomic E-state index is 11.3. The minimum absolute atomic E-state index is 0.0397. The molecule has 0 saturated carbocycles. The lowest BCUT2D eigenvalue weighted by Gasteiger charge is -2.36. The number of methoxy groups -OCH3 is 1. The first-order valence-corrected chi connectivity index (χ1v) is 9.62. The van der Waals surface area contributed by atoms with Crippen molar-refractivity contribution >= 4 is 21.6 Å². The molecular formula is C15H23ClN2O3S. The van der Waals surface area contributed by atoms with Crippen molar-refractivity contribution in [1.82, 2.24) is 9.62 Å². The van der Waals surface area contributed by atoms with Crippen LogP contribution in [0.3, 0.4) is 0 Å². The van der Waals surface area contributed by atoms with Crippen molar-refractivity contribution < 1.29 is 13.2 Å². The van der Waals surface area contributed by atoms with Crippen molar-refractivity contribution in [2.45, 2.75) is 31.8 Å². The van der Waals surface area contributed by atoms with Crippen LogP contribution in [0.4, 0.5) is 0 Å². The Hall–Kier alpha value is -0.820. The highest BCUT2D eigenvalue weighted by Gasteiger charge is 2.25. The van der Waals surface area contributed by atoms with Gasteiger partial charge in [0.2, 0.25) is 10.0 Å². The first-order chi connectivity index (χ1) is 10.3. The van der Waals surface area contributed by atoms with Crippen LogP contribution >= 0.6 is 11.6 Å². The smallest absolute Gasteiger partial charge is 0.208 e. The van der Waals surface area contributed by atoms with Gasteiger partial charge in [0.1, 0.15) is 5.75 Å². The molecule has 7 heteroatoms. The lowest BCUT2D eigenvalue weighted by molar-refractivity contribution is 0.159. The molecule has 0 radical (unpaired) electrons. The fraction of sp³-hybridized carbons (Fsp3) is 0.600. The summed E-state index contributed by atoms with van der Waals surface area (Å²) in [5.41, 5.74) is 1.14. The summed E-state index contributed by atoms with van der Waals surface area (Å²) in [5.74, 6) is 0.675. The van der Waals surface area contributed by atoms with Crippen molar-refractivity contribution in [3.63, 3.8) is 0 Å². The molecule has 1 heterocycles. The monoisotopic (exact) mass is 346 g/mol. The molecule has 0 amide bonds. The fourth-order valence-corrected chi connectivity index (χ4v) is 3.97. The molecule has 1 aliphatic heterocycles. The second-order valence-corrected chi connectivity index (χ2v) is 7.96. The predicted molar refractivity (Wildman–Crippen MR) is 89.0 cm³/mol. The number of likely N-dealkylation sites (tertiary alicyclic amines) is 1. The first-order valence-electron chi connectivity index (χ1n) is 7.35. The van der Waals surface area contributed by atoms with E-state index in [-0.39, 0.29) is 12.1 Å². The molecule has 0 aromatic heterocycles. The number of sulfonamides is 1. The molecule has 1 saturated heterocycles. The molecule has 0 aliphatic carbocycles. The third kappa shape index (κ3) is 4.59. The van der Waals surface area contributed by atoms with Crippen LogP contribution in [0.5, 0.6) is 5.75 Å². The number of hydrogen-bond donors (Lipinski definition) is 1. The molecule has 0 spiro atoms. The van der Waals surface area contributed by atoms with E-state index in [1.165, 1.54) is 6.26 Å². The maximum absolute atomic E-state index is 11.3. The SMILES string of the molecule is COc1ccc([C@@H](C)N2CCC(NS(C)(=O)=O)CC2)cc1Cl. The van der Waals surface area contributed by atoms with Crippen LogP contribution in [-0.4, -0.2) is 45.8 Å². The third-order valence-electron chi connectivity index (χ3n) is 4.12. The summed E-state index contributed by atoms with van der Waals surface area (Å²) < 4.78 is 30.4. The zero-order valence-corrected chi connectivity index (χ0v) is 14.7. The molecule has 124 valence electrons. The van der Waals surface area contributed by atoms with Gasteiger partial charge in [-0.3, -0.25) is 4.90 Å². The van der Waals surface area contributed by atoms with Gasteiger partial charge in [-0.25, -0.2) is 13.1 Å². The van der Waals surface area contributed by atoms with Gasteiger partial charge in [0.25, 0.3) is 0 Å². The van der Waals surface area contributed by atoms with Crippen LogP contribution < -0.4 is 9.46 Å². The number of nitrogens with zero attached hydrogens (tertiary/aromatic N) is 1. The van der Waals surface area contributed by atoms with Crippen molar-refractivity contribution in [3.05, 3.63) is 28.8 Å². The lowest BCUT2D eigenvalue weighted by Crippen LogP contribution is -2.44. The molecule has 1 aromatic rings. The molecule has 2 rings (SSSR count). The van der Waals surface area contributed by atoms with Gasteiger partial charge in [-0.2, -0.15) is 0 Å². The Balaban J connectivity index is 1.97. The van der Waals surface area contributed by atoms with E-state index in [1.807, 2.05) is 18.2 Å². The summed E-state index contributed by atoms with van der Waals surface area (Å²) in [7, 11) is -1.53. The number of nitrogens with one attached hydrogen (secondary N) is 1. The van der Waals surface area contributed by atoms with Gasteiger partial charge >= 0.3 is 0 Å². The molecule has 1 aliphatic rings. The highest BCUT2D eigenvalue weighted by Crippen LogP contribution is 2.31. The van der Waals surface area contributed by atoms with Crippen molar-refractivity contribution in [2.24, 2.45) is 0 Å². The van der Waals surface area contributed by atoms with E-state index in [2.05, 4.69) is 16.5 Å². The van der Waals surface area contributed by atoms with Crippen LogP contribution in [0.25, 0.3) is 0 Å². The van der Waals surface area contributed by atoms with Gasteiger partial charge in [0.05, 0.1) is 18.4 Å². The molecule has 0 bridgehead atoms. The maximum Gasteiger partial charge on any atom is 0.208 e. The van der Waals surface area contributed by atoms with Gasteiger partial charge < -0.3 is 4.74 Å². The summed E-state index contributed by atoms with van der Waals surface area (Å²) in [6.45, 7) is 3.86. The van der Waals surface area contributed by atoms with E-state index in [4.69, 9.17) is 16.3 Å². The highest BCUT2D eigenvalue weighted by atomic mass is 35.5. The minimum Gasteiger partial charge on any atom is -0.495 e. The average molecular weight is 347 g/mol. The van der Waals surface area contributed by atoms with E-state index >= 15 is 0 Å². The summed E-state index contributed by atoms with van der Waals surface area (Å²) in [6, 6.07) is 6.12. The topological polar surface area (TPSA) is 58.6 Å². The first kappa shape index (κ1) is 17.5. The van der Waals surface area contributed by atoms with E-state index in [0.717, 1.165) is 31.5 Å². The highest BCUT2D eigenvalue weighted by molar-refractivity contribution is 7.88. The molecular weight excluding hydrogens is 324 g/mol. The van der Waals surface area contributed by atoms with Crippen LogP contribution in [0, 0.1) is 0 Å². The largest absolute Gasteiger partial charge is 0.495 e. The second kappa shape index (κ2) is 7.17. The van der Waals surface area contributed by atoms with Gasteiger partial charge in [0.15, 0.2) is 0 Å². The summed E-state index contributed by atoms with van der Waals surface area (Å²) in [6.07, 6.45) is 2.85. The van der Waals surface area contributed by atoms with Gasteiger partial charge in [-0.15, -0.1) is 0 Å². The van der Waals surface area contributed by atoms with E-state index < -0.39 is 10.0 Å². The second-order valence-electron chi connectivity index (χ2n) is 5.77. The number of halogens is 1. The molecule has 1 fully saturated rings. The quantitative estimate of drug-likeness (QED) is 0.889. The van der Waals surface area contributed by atoms with Crippen molar-refractivity contribution in [2.75, 3.05) is 26.5 Å². The minimum atomic E-state index is -3.13. The molecule has 5 nitrogen and oxygen atoms in total. The van der Waals surface area contributed by atoms with Crippen LogP contribution in [0.15, 0.2) is 18.2 Å². The lowest BCUT2D eigenvalue weighted by atomic mass is 10.0. The summed E-state index contributed by atoms with van der Waals surface area (Å²) in [4.78, 5) is 2.35. The zero-order chi connectivity index (χ0) is 16.3. The zero-order valence-electron chi connectivity index (χ0n) is 13.2. The fourth-order valence-electron chi connectivity index (χ4n) is 2.86. The Morgan fingerprint density at radius 3 is 2.50 bits per heavy atom. The Kier molecular flexibility index (Phi) is 5.71. The number of ether oxygens (including phenoxy) is 1. The normalized spacial score (nSPS) is 19.1. The Morgan fingerprint density at radius 1 is 1.36 bits per heavy atom. The molecule has 1 atom stereocenters. The van der Waals surface area contributed by atoms with Gasteiger partial charge in [-0.1, -0.05) is 17.7 Å². The van der Waals surface area contributed by atoms with E-state index in [1.54, 1.807) is 7.11 Å². The van der Waals surface area contributed by atoms with E-state index in [9.17, 15) is 8.42 Å². The van der Waals surface area contributed by atoms with Gasteiger partial charge in [-0.05, 0) is 37.5 Å². The molecule has 1 N–H and O–H groups in total. The molecule has 1 aromatic carbocycles. The Morgan fingerprint density at radius 2 is 2.00 bits per heavy atom. The third-order valence-corrected chi connectivity index (χ3v) is 5.17. The van der Waals surface area contributed by atoms with Crippen LogP contribution in [-0.2, 0) is 10.0 Å². The molecule has 22 heavy (non-hydrogen) atoms. The summed E-state index contributed by atoms with van der Waals surface area (Å²) >= 11 is 6.19. The number of hydrogen-bond acceptors (Lipinski definition) is 4. The van der Waals surface area contributed by atoms with Crippen LogP contribution in [0.1, 0.15) is 31.4 Å². The Bertz CT molecular complexity index is 613. The molecule has 0 unspecified atom stereocenters. The average Bonchev–Trinajstić information content (AvgIpc) is 2.45.